The molecule has 0 aliphatic heterocycles. The molecule has 17 heteroatoms. The topological polar surface area (TPSA) is 320 Å². The van der Waals surface area contributed by atoms with Crippen molar-refractivity contribution in [2.24, 2.45) is 40.3 Å². The Hall–Kier alpha value is -3.39. The summed E-state index contributed by atoms with van der Waals surface area (Å²) >= 11 is 0. The van der Waals surface area contributed by atoms with Gasteiger partial charge in [-0.1, -0.05) is 44.5 Å². The molecule has 0 saturated heterocycles. The number of amidine groups is 1. The van der Waals surface area contributed by atoms with Crippen LogP contribution in [0.5, 0.6) is 0 Å². The molecule has 17 nitrogen and oxygen atoms in total. The second-order valence-corrected chi connectivity index (χ2v) is 12.1. The van der Waals surface area contributed by atoms with Crippen LogP contribution in [0.2, 0.25) is 0 Å². The van der Waals surface area contributed by atoms with Crippen molar-refractivity contribution in [3.63, 3.8) is 0 Å². The van der Waals surface area contributed by atoms with Crippen LogP contribution in [-0.2, 0) is 25.7 Å². The highest BCUT2D eigenvalue weighted by molar-refractivity contribution is 6.39. The average Bonchev–Trinajstić information content (AvgIpc) is 3.03. The molecule has 0 fully saturated rings. The van der Waals surface area contributed by atoms with Crippen LogP contribution in [0, 0.1) is 11.3 Å². The lowest BCUT2D eigenvalue weighted by Crippen LogP contribution is -2.60. The Balaban J connectivity index is 2.99. The molecule has 0 heterocycles. The minimum Gasteiger partial charge on any atom is -0.384 e. The Labute approximate surface area is 283 Å². The molecular weight excluding hydrogens is 618 g/mol. The average molecular weight is 678 g/mol. The lowest BCUT2D eigenvalue weighted by molar-refractivity contribution is -0.139. The third-order valence-electron chi connectivity index (χ3n) is 7.53. The summed E-state index contributed by atoms with van der Waals surface area (Å²) in [7, 11) is 0. The number of hydrogen-bond donors (Lipinski definition) is 13. The van der Waals surface area contributed by atoms with Gasteiger partial charge < -0.3 is 45.0 Å². The van der Waals surface area contributed by atoms with Crippen LogP contribution < -0.4 is 66.5 Å². The SMILES string of the molecule is CC(C)[C@H](NN[C@@H](CCCNC(N)N)C(=O)NCc1ccc(C(=N)N)cc1)C(=O)N[C@@H](CCCNC(N)N)C(=O)C(=O)CCCCCN. The quantitative estimate of drug-likeness (QED) is 0.0113. The number of Topliss-reactive ketones (excluding diaryl/α,β-unsaturated/α-hetero) is 2. The van der Waals surface area contributed by atoms with Crippen LogP contribution >= 0.6 is 0 Å². The third kappa shape index (κ3) is 17.7. The molecule has 1 aromatic rings. The number of benzene rings is 1. The normalized spacial score (nSPS) is 13.4. The Morgan fingerprint density at radius 1 is 0.771 bits per heavy atom. The van der Waals surface area contributed by atoms with Crippen molar-refractivity contribution in [2.45, 2.75) is 102 Å². The number of carbonyl (C=O) groups excluding carboxylic acids is 4. The molecule has 1 aromatic carbocycles. The monoisotopic (exact) mass is 677 g/mol. The van der Waals surface area contributed by atoms with E-state index in [1.807, 2.05) is 13.8 Å². The molecule has 19 N–H and O–H groups in total. The highest BCUT2D eigenvalue weighted by atomic mass is 16.2. The molecule has 0 bridgehead atoms. The Morgan fingerprint density at radius 3 is 1.88 bits per heavy atom. The first-order chi connectivity index (χ1) is 22.8. The summed E-state index contributed by atoms with van der Waals surface area (Å²) < 4.78 is 0. The van der Waals surface area contributed by atoms with Crippen LogP contribution in [0.1, 0.15) is 76.3 Å². The number of amides is 2. The second-order valence-electron chi connectivity index (χ2n) is 12.1. The number of hydrazine groups is 1. The van der Waals surface area contributed by atoms with Crippen LogP contribution in [0.25, 0.3) is 0 Å². The number of nitrogens with one attached hydrogen (secondary N) is 7. The number of nitrogen functional groups attached to an aromatic ring is 1. The van der Waals surface area contributed by atoms with Gasteiger partial charge in [0.15, 0.2) is 0 Å². The lowest BCUT2D eigenvalue weighted by atomic mass is 9.98. The van der Waals surface area contributed by atoms with Crippen molar-refractivity contribution in [3.05, 3.63) is 35.4 Å². The first kappa shape index (κ1) is 42.6. The molecule has 0 aromatic heterocycles. The third-order valence-corrected chi connectivity index (χ3v) is 7.53. The minimum absolute atomic E-state index is 0.0515. The second kappa shape index (κ2) is 23.9. The van der Waals surface area contributed by atoms with Crippen LogP contribution in [0.3, 0.4) is 0 Å². The fourth-order valence-corrected chi connectivity index (χ4v) is 4.71. The molecule has 272 valence electrons. The van der Waals surface area contributed by atoms with Crippen molar-refractivity contribution in [1.29, 1.82) is 5.41 Å². The Morgan fingerprint density at radius 2 is 1.35 bits per heavy atom. The van der Waals surface area contributed by atoms with E-state index in [4.69, 9.17) is 39.8 Å². The summed E-state index contributed by atoms with van der Waals surface area (Å²) in [5.74, 6) is -2.36. The summed E-state index contributed by atoms with van der Waals surface area (Å²) in [6.45, 7) is 5.21. The van der Waals surface area contributed by atoms with Gasteiger partial charge in [0.1, 0.15) is 24.5 Å². The lowest BCUT2D eigenvalue weighted by Gasteiger charge is -2.28. The van der Waals surface area contributed by atoms with Crippen LogP contribution in [-0.4, -0.2) is 79.6 Å². The standard InChI is InChI=1S/C31H59N13O4/c1-19(2)25(29(48)42-22(8-6-16-39-30(35)36)26(46)24(45)10-4-3-5-15-32)44-43-23(9-7-17-40-31(37)38)28(47)41-18-20-11-13-21(14-12-20)27(33)34/h11-14,19,22-23,25,30-31,39-40,43-44H,3-10,15-18,32,35-38H2,1-2H3,(H3,33,34)(H,41,47)(H,42,48)/t22-,23-,25-/m0/s1. The van der Waals surface area contributed by atoms with Gasteiger partial charge >= 0.3 is 0 Å². The van der Waals surface area contributed by atoms with Crippen molar-refractivity contribution in [1.82, 2.24) is 32.1 Å². The number of carbonyl (C=O) groups is 4. The number of hydrogen-bond acceptors (Lipinski definition) is 14. The minimum atomic E-state index is -1.04. The van der Waals surface area contributed by atoms with Gasteiger partial charge in [-0.2, -0.15) is 0 Å². The van der Waals surface area contributed by atoms with Crippen LogP contribution in [0.4, 0.5) is 0 Å². The summed E-state index contributed by atoms with van der Waals surface area (Å²) in [6, 6.07) is 4.28. The van der Waals surface area contributed by atoms with Gasteiger partial charge in [-0.3, -0.25) is 35.2 Å². The molecule has 48 heavy (non-hydrogen) atoms. The van der Waals surface area contributed by atoms with Gasteiger partial charge in [0.05, 0.1) is 12.1 Å². The van der Waals surface area contributed by atoms with E-state index in [9.17, 15) is 19.2 Å². The van der Waals surface area contributed by atoms with E-state index in [0.717, 1.165) is 18.4 Å². The van der Waals surface area contributed by atoms with E-state index in [1.54, 1.807) is 24.3 Å². The molecule has 0 aliphatic carbocycles. The molecule has 0 radical (unpaired) electrons. The van der Waals surface area contributed by atoms with Crippen LogP contribution in [0.15, 0.2) is 24.3 Å². The summed E-state index contributed by atoms with van der Waals surface area (Å²) in [5.41, 5.74) is 40.7. The first-order valence-corrected chi connectivity index (χ1v) is 16.5. The molecule has 0 aliphatic rings. The van der Waals surface area contributed by atoms with Gasteiger partial charge in [-0.15, -0.1) is 0 Å². The molecule has 0 spiro atoms. The highest BCUT2D eigenvalue weighted by Gasteiger charge is 2.31. The number of rotatable bonds is 27. The van der Waals surface area contributed by atoms with E-state index in [0.29, 0.717) is 50.9 Å². The summed E-state index contributed by atoms with van der Waals surface area (Å²) in [5, 5.41) is 18.9. The van der Waals surface area contributed by atoms with E-state index in [1.165, 1.54) is 0 Å². The molecule has 2 amide bonds. The molecule has 0 saturated carbocycles. The smallest absolute Gasteiger partial charge is 0.239 e. The van der Waals surface area contributed by atoms with Gasteiger partial charge in [-0.25, -0.2) is 10.9 Å². The zero-order valence-electron chi connectivity index (χ0n) is 28.4. The number of unbranched alkanes of at least 4 members (excludes halogenated alkanes) is 2. The molecule has 0 unspecified atom stereocenters. The predicted octanol–water partition coefficient (Wildman–Crippen LogP) is -2.64. The first-order valence-electron chi connectivity index (χ1n) is 16.5. The van der Waals surface area contributed by atoms with Gasteiger partial charge in [0.25, 0.3) is 0 Å². The van der Waals surface area contributed by atoms with Gasteiger partial charge in [-0.05, 0) is 69.6 Å². The largest absolute Gasteiger partial charge is 0.384 e. The van der Waals surface area contributed by atoms with E-state index >= 15 is 0 Å². The zero-order chi connectivity index (χ0) is 36.1. The van der Waals surface area contributed by atoms with Crippen molar-refractivity contribution < 1.29 is 19.2 Å². The fourth-order valence-electron chi connectivity index (χ4n) is 4.71. The summed E-state index contributed by atoms with van der Waals surface area (Å²) in [6.07, 6.45) is 2.19. The number of nitrogens with two attached hydrogens (primary N) is 6. The van der Waals surface area contributed by atoms with Crippen molar-refractivity contribution in [3.8, 4) is 0 Å². The maximum absolute atomic E-state index is 13.6. The fraction of sp³-hybridized carbons (Fsp3) is 0.645. The van der Waals surface area contributed by atoms with E-state index in [-0.39, 0.29) is 37.0 Å². The predicted molar refractivity (Wildman–Crippen MR) is 186 cm³/mol. The van der Waals surface area contributed by atoms with Crippen molar-refractivity contribution in [2.75, 3.05) is 19.6 Å². The highest BCUT2D eigenvalue weighted by Crippen LogP contribution is 2.09. The Kier molecular flexibility index (Phi) is 21.2. The van der Waals surface area contributed by atoms with Gasteiger partial charge in [0, 0.05) is 18.5 Å². The maximum atomic E-state index is 13.6. The molecular formula is C31H59N13O4. The van der Waals surface area contributed by atoms with Gasteiger partial charge in [0.2, 0.25) is 23.4 Å². The maximum Gasteiger partial charge on any atom is 0.239 e. The summed E-state index contributed by atoms with van der Waals surface area (Å²) in [4.78, 5) is 52.8. The Bertz CT molecular complexity index is 1130. The molecule has 3 atom stereocenters. The zero-order valence-corrected chi connectivity index (χ0v) is 28.4. The van der Waals surface area contributed by atoms with Crippen molar-refractivity contribution >= 4 is 29.2 Å². The molecule has 1 rings (SSSR count). The van der Waals surface area contributed by atoms with E-state index in [2.05, 4.69) is 32.1 Å². The van der Waals surface area contributed by atoms with E-state index < -0.39 is 48.2 Å². The number of ketones is 2.